The van der Waals surface area contributed by atoms with E-state index in [1.165, 1.54) is 0 Å². The lowest BCUT2D eigenvalue weighted by Crippen LogP contribution is -2.32. The maximum atomic E-state index is 10.8. The predicted octanol–water partition coefficient (Wildman–Crippen LogP) is 1.67. The molecule has 1 rings (SSSR count). The Morgan fingerprint density at radius 2 is 1.89 bits per heavy atom. The van der Waals surface area contributed by atoms with Crippen LogP contribution >= 0.6 is 0 Å². The summed E-state index contributed by atoms with van der Waals surface area (Å²) >= 11 is 0. The number of carbonyl (C=O) groups is 1. The van der Waals surface area contributed by atoms with Crippen LogP contribution in [0.5, 0.6) is 0 Å². The molecule has 0 aromatic carbocycles. The molecule has 7 nitrogen and oxygen atoms in total. The highest BCUT2D eigenvalue weighted by atomic mass is 16.7. The van der Waals surface area contributed by atoms with Crippen molar-refractivity contribution in [2.45, 2.75) is 45.6 Å². The fraction of sp³-hybridized carbons (Fsp3) is 0.909. The van der Waals surface area contributed by atoms with Crippen LogP contribution in [0.25, 0.3) is 0 Å². The van der Waals surface area contributed by atoms with Gasteiger partial charge in [-0.05, 0) is 39.5 Å². The second-order valence-electron chi connectivity index (χ2n) is 4.41. The number of hydrogen-bond donors (Lipinski definition) is 2. The van der Waals surface area contributed by atoms with E-state index in [9.17, 15) is 10.0 Å². The van der Waals surface area contributed by atoms with Gasteiger partial charge in [-0.15, -0.1) is 5.01 Å². The van der Waals surface area contributed by atoms with Crippen LogP contribution in [0.4, 0.5) is 0 Å². The van der Waals surface area contributed by atoms with Gasteiger partial charge >= 0.3 is 5.97 Å². The van der Waals surface area contributed by atoms with Crippen molar-refractivity contribution in [3.8, 4) is 0 Å². The molecule has 0 saturated heterocycles. The highest BCUT2D eigenvalue weighted by Gasteiger charge is 2.28. The largest absolute Gasteiger partial charge is 0.481 e. The molecule has 0 aromatic heterocycles. The molecule has 0 bridgehead atoms. The SMILES string of the molecule is CCN(CC)/[N+](O)=N/O[C@H]1CC[C@H](C(=O)O)CC1. The van der Waals surface area contributed by atoms with Crippen molar-refractivity contribution < 1.29 is 24.9 Å². The van der Waals surface area contributed by atoms with Crippen LogP contribution in [0, 0.1) is 5.92 Å². The predicted molar refractivity (Wildman–Crippen MR) is 61.9 cm³/mol. The summed E-state index contributed by atoms with van der Waals surface area (Å²) in [7, 11) is 0. The topological polar surface area (TPSA) is 85.4 Å². The average Bonchev–Trinajstić information content (AvgIpc) is 2.38. The first-order valence-electron chi connectivity index (χ1n) is 6.41. The lowest BCUT2D eigenvalue weighted by molar-refractivity contribution is -0.941. The zero-order valence-corrected chi connectivity index (χ0v) is 10.9. The number of nitrogens with zero attached hydrogens (tertiary/aromatic N) is 3. The second kappa shape index (κ2) is 7.03. The minimum atomic E-state index is -0.739. The zero-order chi connectivity index (χ0) is 13.5. The summed E-state index contributed by atoms with van der Waals surface area (Å²) in [5, 5.41) is 23.6. The standard InChI is InChI=1S/C11H21N3O4/c1-3-13(4-2)14(17)12-18-10-7-5-9(6-8-10)11(15)16/h9-10H,3-8H2,1-2H3,(H-,12,15,16,17)/p+1/t9-,10-. The Kier molecular flexibility index (Phi) is 5.67. The average molecular weight is 260 g/mol. The van der Waals surface area contributed by atoms with E-state index in [1.807, 2.05) is 13.8 Å². The first-order chi connectivity index (χ1) is 8.58. The molecule has 0 amide bonds. The molecule has 0 radical (unpaired) electrons. The molecule has 0 spiro atoms. The minimum Gasteiger partial charge on any atom is -0.481 e. The van der Waals surface area contributed by atoms with Crippen molar-refractivity contribution in [1.82, 2.24) is 5.01 Å². The molecule has 0 heterocycles. The van der Waals surface area contributed by atoms with Gasteiger partial charge in [0, 0.05) is 0 Å². The van der Waals surface area contributed by atoms with E-state index < -0.39 is 5.97 Å². The molecule has 1 aliphatic carbocycles. The summed E-state index contributed by atoms with van der Waals surface area (Å²) < 4.78 is 0. The van der Waals surface area contributed by atoms with Crippen LogP contribution in [0.3, 0.4) is 0 Å². The number of aliphatic carboxylic acids is 1. The third-order valence-corrected chi connectivity index (χ3v) is 3.28. The van der Waals surface area contributed by atoms with Crippen molar-refractivity contribution in [1.29, 1.82) is 0 Å². The lowest BCUT2D eigenvalue weighted by atomic mass is 9.88. The highest BCUT2D eigenvalue weighted by molar-refractivity contribution is 5.69. The van der Waals surface area contributed by atoms with E-state index in [0.29, 0.717) is 43.7 Å². The monoisotopic (exact) mass is 260 g/mol. The number of carboxylic acids is 1. The summed E-state index contributed by atoms with van der Waals surface area (Å²) in [5.74, 6) is -1.00. The van der Waals surface area contributed by atoms with Gasteiger partial charge in [0.1, 0.15) is 6.10 Å². The fourth-order valence-electron chi connectivity index (χ4n) is 2.05. The van der Waals surface area contributed by atoms with Gasteiger partial charge in [-0.2, -0.15) is 0 Å². The normalized spacial score (nSPS) is 24.7. The molecule has 0 unspecified atom stereocenters. The molecular formula is C11H22N3O4+. The molecule has 1 saturated carbocycles. The van der Waals surface area contributed by atoms with Crippen molar-refractivity contribution in [3.05, 3.63) is 0 Å². The molecule has 2 N–H and O–H groups in total. The van der Waals surface area contributed by atoms with Crippen molar-refractivity contribution in [2.75, 3.05) is 13.1 Å². The third kappa shape index (κ3) is 4.05. The minimum absolute atomic E-state index is 0.106. The molecule has 1 fully saturated rings. The fourth-order valence-corrected chi connectivity index (χ4v) is 2.05. The molecule has 7 heteroatoms. The second-order valence-corrected chi connectivity index (χ2v) is 4.41. The highest BCUT2D eigenvalue weighted by Crippen LogP contribution is 2.26. The van der Waals surface area contributed by atoms with Gasteiger partial charge in [0.05, 0.1) is 19.0 Å². The van der Waals surface area contributed by atoms with Crippen molar-refractivity contribution in [3.63, 3.8) is 0 Å². The van der Waals surface area contributed by atoms with Crippen LogP contribution in [0.1, 0.15) is 39.5 Å². The van der Waals surface area contributed by atoms with E-state index >= 15 is 0 Å². The van der Waals surface area contributed by atoms with Gasteiger partial charge in [0.2, 0.25) is 0 Å². The summed E-state index contributed by atoms with van der Waals surface area (Å²) in [6.07, 6.45) is 2.42. The van der Waals surface area contributed by atoms with Gasteiger partial charge < -0.3 is 9.94 Å². The summed E-state index contributed by atoms with van der Waals surface area (Å²) in [6.45, 7) is 5.07. The van der Waals surface area contributed by atoms with Crippen LogP contribution in [0.15, 0.2) is 5.28 Å². The molecule has 1 aliphatic rings. The molecule has 18 heavy (non-hydrogen) atoms. The quantitative estimate of drug-likeness (QED) is 0.431. The van der Waals surface area contributed by atoms with Crippen molar-refractivity contribution in [2.24, 2.45) is 11.2 Å². The summed E-state index contributed by atoms with van der Waals surface area (Å²) in [4.78, 5) is 16.7. The maximum absolute atomic E-state index is 10.8. The van der Waals surface area contributed by atoms with Gasteiger partial charge in [-0.3, -0.25) is 4.79 Å². The van der Waals surface area contributed by atoms with E-state index in [4.69, 9.17) is 9.94 Å². The van der Waals surface area contributed by atoms with Crippen LogP contribution < -0.4 is 0 Å². The van der Waals surface area contributed by atoms with E-state index in [2.05, 4.69) is 5.28 Å². The maximum Gasteiger partial charge on any atom is 0.306 e. The lowest BCUT2D eigenvalue weighted by Gasteiger charge is -2.22. The summed E-state index contributed by atoms with van der Waals surface area (Å²) in [5.41, 5.74) is 0. The number of rotatable bonds is 6. The Hall–Kier alpha value is -1.53. The van der Waals surface area contributed by atoms with E-state index in [1.54, 1.807) is 5.01 Å². The van der Waals surface area contributed by atoms with Gasteiger partial charge in [-0.1, -0.05) is 0 Å². The molecule has 0 atom stereocenters. The molecular weight excluding hydrogens is 238 g/mol. The Labute approximate surface area is 107 Å². The zero-order valence-electron chi connectivity index (χ0n) is 10.9. The first kappa shape index (κ1) is 14.5. The summed E-state index contributed by atoms with van der Waals surface area (Å²) in [6, 6.07) is 0. The van der Waals surface area contributed by atoms with E-state index in [-0.39, 0.29) is 12.0 Å². The van der Waals surface area contributed by atoms with E-state index in [0.717, 1.165) is 0 Å². The number of hydrazine groups is 1. The number of hydrogen-bond acceptors (Lipinski definition) is 3. The molecule has 104 valence electrons. The Balaban J connectivity index is 2.37. The van der Waals surface area contributed by atoms with Crippen LogP contribution in [-0.2, 0) is 9.63 Å². The number of carboxylic acid groups (broad SMARTS) is 1. The Morgan fingerprint density at radius 1 is 1.33 bits per heavy atom. The third-order valence-electron chi connectivity index (χ3n) is 3.28. The molecule has 0 aromatic rings. The Bertz CT molecular complexity index is 297. The van der Waals surface area contributed by atoms with Crippen molar-refractivity contribution >= 4 is 5.97 Å². The van der Waals surface area contributed by atoms with Gasteiger partial charge in [-0.25, -0.2) is 5.21 Å². The van der Waals surface area contributed by atoms with Gasteiger partial charge in [0.25, 0.3) is 10.2 Å². The smallest absolute Gasteiger partial charge is 0.306 e. The van der Waals surface area contributed by atoms with Gasteiger partial charge in [0.15, 0.2) is 0 Å². The first-order valence-corrected chi connectivity index (χ1v) is 6.41. The molecule has 0 aliphatic heterocycles. The van der Waals surface area contributed by atoms with Crippen LogP contribution in [0.2, 0.25) is 0 Å². The Morgan fingerprint density at radius 3 is 2.33 bits per heavy atom. The van der Waals surface area contributed by atoms with Crippen LogP contribution in [-0.4, -0.2) is 45.5 Å².